The number of benzene rings is 1. The van der Waals surface area contributed by atoms with E-state index in [1.807, 2.05) is 18.2 Å². The Bertz CT molecular complexity index is 545. The van der Waals surface area contributed by atoms with Crippen molar-refractivity contribution < 1.29 is 0 Å². The number of halogens is 3. The lowest BCUT2D eigenvalue weighted by Gasteiger charge is -2.17. The van der Waals surface area contributed by atoms with Crippen molar-refractivity contribution in [1.82, 2.24) is 5.43 Å². The largest absolute Gasteiger partial charge is 0.271 e. The highest BCUT2D eigenvalue weighted by atomic mass is 79.9. The molecule has 2 aromatic rings. The molecule has 6 heteroatoms. The first-order chi connectivity index (χ1) is 8.61. The van der Waals surface area contributed by atoms with E-state index in [0.717, 1.165) is 15.8 Å². The van der Waals surface area contributed by atoms with E-state index in [1.165, 1.54) is 4.88 Å². The fraction of sp³-hybridized carbons (Fsp3) is 0.167. The normalized spacial score (nSPS) is 12.7. The molecule has 0 bridgehead atoms. The second kappa shape index (κ2) is 6.37. The molecule has 0 aliphatic carbocycles. The van der Waals surface area contributed by atoms with Gasteiger partial charge >= 0.3 is 0 Å². The van der Waals surface area contributed by atoms with Gasteiger partial charge in [-0.05, 0) is 39.7 Å². The predicted molar refractivity (Wildman–Crippen MR) is 82.2 cm³/mol. The molecular weight excluding hydrogens is 355 g/mol. The average Bonchev–Trinajstić information content (AvgIpc) is 2.76. The highest BCUT2D eigenvalue weighted by Crippen LogP contribution is 2.33. The van der Waals surface area contributed by atoms with Crippen LogP contribution in [0, 0.1) is 0 Å². The lowest BCUT2D eigenvalue weighted by atomic mass is 10.0. The maximum Gasteiger partial charge on any atom is 0.0701 e. The second-order valence-corrected chi connectivity index (χ2v) is 7.10. The van der Waals surface area contributed by atoms with Crippen molar-refractivity contribution in [1.29, 1.82) is 0 Å². The van der Waals surface area contributed by atoms with Crippen LogP contribution in [0.2, 0.25) is 10.0 Å². The highest BCUT2D eigenvalue weighted by molar-refractivity contribution is 9.11. The molecule has 96 valence electrons. The molecule has 0 aliphatic rings. The van der Waals surface area contributed by atoms with Crippen LogP contribution in [-0.2, 0) is 6.42 Å². The van der Waals surface area contributed by atoms with Crippen LogP contribution < -0.4 is 11.3 Å². The van der Waals surface area contributed by atoms with Crippen molar-refractivity contribution in [2.75, 3.05) is 0 Å². The van der Waals surface area contributed by atoms with E-state index in [9.17, 15) is 0 Å². The molecule has 0 saturated carbocycles. The summed E-state index contributed by atoms with van der Waals surface area (Å²) in [6.07, 6.45) is 0.771. The zero-order chi connectivity index (χ0) is 13.1. The summed E-state index contributed by atoms with van der Waals surface area (Å²) in [5.41, 5.74) is 3.71. The molecule has 0 aliphatic heterocycles. The SMILES string of the molecule is NNC(Cc1ccc(Br)s1)c1cccc(Cl)c1Cl. The molecule has 0 spiro atoms. The summed E-state index contributed by atoms with van der Waals surface area (Å²) in [6, 6.07) is 9.61. The molecule has 2 rings (SSSR count). The van der Waals surface area contributed by atoms with E-state index in [2.05, 4.69) is 27.4 Å². The highest BCUT2D eigenvalue weighted by Gasteiger charge is 2.16. The summed E-state index contributed by atoms with van der Waals surface area (Å²) in [5, 5.41) is 1.10. The van der Waals surface area contributed by atoms with Crippen LogP contribution in [-0.4, -0.2) is 0 Å². The Labute approximate surface area is 128 Å². The third-order valence-electron chi connectivity index (χ3n) is 2.59. The summed E-state index contributed by atoms with van der Waals surface area (Å²) in [5.74, 6) is 5.62. The first-order valence-electron chi connectivity index (χ1n) is 5.26. The Morgan fingerprint density at radius 1 is 1.28 bits per heavy atom. The van der Waals surface area contributed by atoms with E-state index < -0.39 is 0 Å². The van der Waals surface area contributed by atoms with Crippen molar-refractivity contribution in [3.8, 4) is 0 Å². The number of nitrogens with two attached hydrogens (primary N) is 1. The molecule has 1 aromatic heterocycles. The van der Waals surface area contributed by atoms with Gasteiger partial charge in [0.25, 0.3) is 0 Å². The van der Waals surface area contributed by atoms with Gasteiger partial charge in [-0.3, -0.25) is 11.3 Å². The fourth-order valence-corrected chi connectivity index (χ4v) is 3.68. The molecule has 1 atom stereocenters. The van der Waals surface area contributed by atoms with Gasteiger partial charge in [0.1, 0.15) is 0 Å². The minimum Gasteiger partial charge on any atom is -0.271 e. The summed E-state index contributed by atoms with van der Waals surface area (Å²) in [4.78, 5) is 1.22. The van der Waals surface area contributed by atoms with Gasteiger partial charge in [0.05, 0.1) is 19.9 Å². The number of hydrazine groups is 1. The summed E-state index contributed by atoms with van der Waals surface area (Å²) < 4.78 is 1.10. The minimum absolute atomic E-state index is 0.0539. The van der Waals surface area contributed by atoms with E-state index >= 15 is 0 Å². The molecule has 1 unspecified atom stereocenters. The van der Waals surface area contributed by atoms with Crippen LogP contribution in [0.3, 0.4) is 0 Å². The molecule has 1 aromatic carbocycles. The molecule has 2 nitrogen and oxygen atoms in total. The first-order valence-corrected chi connectivity index (χ1v) is 7.62. The number of hydrogen-bond donors (Lipinski definition) is 2. The van der Waals surface area contributed by atoms with E-state index in [0.29, 0.717) is 10.0 Å². The third kappa shape index (κ3) is 3.26. The molecule has 0 fully saturated rings. The Morgan fingerprint density at radius 3 is 2.67 bits per heavy atom. The maximum atomic E-state index is 6.20. The van der Waals surface area contributed by atoms with Gasteiger partial charge in [0.15, 0.2) is 0 Å². The van der Waals surface area contributed by atoms with Crippen LogP contribution in [0.4, 0.5) is 0 Å². The van der Waals surface area contributed by atoms with Crippen LogP contribution >= 0.6 is 50.5 Å². The number of hydrogen-bond acceptors (Lipinski definition) is 3. The number of thiophene rings is 1. The van der Waals surface area contributed by atoms with Crippen LogP contribution in [0.1, 0.15) is 16.5 Å². The lowest BCUT2D eigenvalue weighted by molar-refractivity contribution is 0.556. The smallest absolute Gasteiger partial charge is 0.0701 e. The third-order valence-corrected chi connectivity index (χ3v) is 5.07. The molecule has 0 amide bonds. The van der Waals surface area contributed by atoms with Crippen LogP contribution in [0.25, 0.3) is 0 Å². The van der Waals surface area contributed by atoms with Gasteiger partial charge in [0.2, 0.25) is 0 Å². The maximum absolute atomic E-state index is 6.20. The van der Waals surface area contributed by atoms with Gasteiger partial charge in [0, 0.05) is 11.3 Å². The zero-order valence-corrected chi connectivity index (χ0v) is 13.2. The average molecular weight is 366 g/mol. The van der Waals surface area contributed by atoms with Crippen molar-refractivity contribution in [3.63, 3.8) is 0 Å². The number of rotatable bonds is 4. The monoisotopic (exact) mass is 364 g/mol. The van der Waals surface area contributed by atoms with Crippen LogP contribution in [0.5, 0.6) is 0 Å². The summed E-state index contributed by atoms with van der Waals surface area (Å²) >= 11 is 17.3. The Kier molecular flexibility index (Phi) is 5.06. The Balaban J connectivity index is 2.25. The molecule has 0 saturated heterocycles. The molecule has 3 N–H and O–H groups in total. The van der Waals surface area contributed by atoms with E-state index in [-0.39, 0.29) is 6.04 Å². The number of nitrogens with one attached hydrogen (secondary N) is 1. The standard InChI is InChI=1S/C12H11BrCl2N2S/c13-11-5-4-7(18-11)6-10(17-16)8-2-1-3-9(14)12(8)15/h1-5,10,17H,6,16H2. The topological polar surface area (TPSA) is 38.0 Å². The second-order valence-electron chi connectivity index (χ2n) is 3.77. The van der Waals surface area contributed by atoms with Crippen molar-refractivity contribution in [2.45, 2.75) is 12.5 Å². The summed E-state index contributed by atoms with van der Waals surface area (Å²) in [6.45, 7) is 0. The summed E-state index contributed by atoms with van der Waals surface area (Å²) in [7, 11) is 0. The molecular formula is C12H11BrCl2N2S. The van der Waals surface area contributed by atoms with Gasteiger partial charge < -0.3 is 0 Å². The molecule has 1 heterocycles. The van der Waals surface area contributed by atoms with E-state index in [1.54, 1.807) is 17.4 Å². The minimum atomic E-state index is -0.0539. The Hall–Kier alpha value is -0.100. The van der Waals surface area contributed by atoms with Crippen molar-refractivity contribution >= 4 is 50.5 Å². The zero-order valence-electron chi connectivity index (χ0n) is 9.29. The molecule has 0 radical (unpaired) electrons. The van der Waals surface area contributed by atoms with E-state index in [4.69, 9.17) is 29.0 Å². The van der Waals surface area contributed by atoms with Gasteiger partial charge in [-0.1, -0.05) is 35.3 Å². The van der Waals surface area contributed by atoms with Crippen LogP contribution in [0.15, 0.2) is 34.1 Å². The quantitative estimate of drug-likeness (QED) is 0.615. The van der Waals surface area contributed by atoms with Gasteiger partial charge in [-0.15, -0.1) is 11.3 Å². The lowest BCUT2D eigenvalue weighted by Crippen LogP contribution is -2.29. The molecule has 18 heavy (non-hydrogen) atoms. The Morgan fingerprint density at radius 2 is 2.06 bits per heavy atom. The predicted octanol–water partition coefficient (Wildman–Crippen LogP) is 4.56. The van der Waals surface area contributed by atoms with Crippen molar-refractivity contribution in [3.05, 3.63) is 54.6 Å². The van der Waals surface area contributed by atoms with Crippen molar-refractivity contribution in [2.24, 2.45) is 5.84 Å². The fourth-order valence-electron chi connectivity index (χ4n) is 1.71. The van der Waals surface area contributed by atoms with Gasteiger partial charge in [-0.25, -0.2) is 0 Å². The first kappa shape index (κ1) is 14.3. The van der Waals surface area contributed by atoms with Gasteiger partial charge in [-0.2, -0.15) is 0 Å².